The van der Waals surface area contributed by atoms with Crippen molar-refractivity contribution < 1.29 is 9.53 Å². The molecule has 1 aromatic carbocycles. The molecule has 7 heteroatoms. The first-order chi connectivity index (χ1) is 9.56. The highest BCUT2D eigenvalue weighted by atomic mass is 35.5. The number of aromatic nitrogens is 2. The Morgan fingerprint density at radius 3 is 2.70 bits per heavy atom. The molecule has 0 aliphatic heterocycles. The predicted molar refractivity (Wildman–Crippen MR) is 80.8 cm³/mol. The molecule has 20 heavy (non-hydrogen) atoms. The maximum atomic E-state index is 11.7. The largest absolute Gasteiger partial charge is 0.465 e. The molecule has 4 nitrogen and oxygen atoms in total. The Morgan fingerprint density at radius 2 is 2.05 bits per heavy atom. The minimum atomic E-state index is -0.325. The van der Waals surface area contributed by atoms with Gasteiger partial charge in [0, 0.05) is 12.3 Å². The molecule has 0 aliphatic carbocycles. The van der Waals surface area contributed by atoms with Crippen molar-refractivity contribution in [2.75, 3.05) is 12.5 Å². The number of rotatable bonds is 5. The Balaban J connectivity index is 2.50. The monoisotopic (exact) mass is 334 g/mol. The number of imidazole rings is 1. The lowest BCUT2D eigenvalue weighted by molar-refractivity contribution is -0.143. The van der Waals surface area contributed by atoms with E-state index in [0.717, 1.165) is 5.52 Å². The zero-order valence-electron chi connectivity index (χ0n) is 10.8. The van der Waals surface area contributed by atoms with Gasteiger partial charge in [0.25, 0.3) is 0 Å². The van der Waals surface area contributed by atoms with E-state index >= 15 is 0 Å². The van der Waals surface area contributed by atoms with E-state index in [4.69, 9.17) is 39.5 Å². The van der Waals surface area contributed by atoms with Crippen LogP contribution in [0.15, 0.2) is 12.1 Å². The second kappa shape index (κ2) is 6.66. The molecular weight excluding hydrogens is 323 g/mol. The lowest BCUT2D eigenvalue weighted by atomic mass is 10.3. The summed E-state index contributed by atoms with van der Waals surface area (Å²) in [5.74, 6) is 0.795. The second-order valence-corrected chi connectivity index (χ2v) is 5.31. The van der Waals surface area contributed by atoms with Gasteiger partial charge in [0.2, 0.25) is 0 Å². The number of hydrogen-bond acceptors (Lipinski definition) is 3. The zero-order valence-corrected chi connectivity index (χ0v) is 13.1. The minimum Gasteiger partial charge on any atom is -0.465 e. The molecule has 0 bridgehead atoms. The van der Waals surface area contributed by atoms with Gasteiger partial charge in [-0.2, -0.15) is 0 Å². The number of carbonyl (C=O) groups excluding carboxylic acids is 1. The molecule has 0 atom stereocenters. The predicted octanol–water partition coefficient (Wildman–Crippen LogP) is 3.69. The average Bonchev–Trinajstić information content (AvgIpc) is 2.69. The van der Waals surface area contributed by atoms with E-state index in [1.165, 1.54) is 0 Å². The molecule has 2 rings (SSSR count). The normalized spacial score (nSPS) is 11.0. The van der Waals surface area contributed by atoms with Crippen LogP contribution in [0.5, 0.6) is 0 Å². The highest BCUT2D eigenvalue weighted by Crippen LogP contribution is 2.28. The van der Waals surface area contributed by atoms with Crippen molar-refractivity contribution in [1.29, 1.82) is 0 Å². The minimum absolute atomic E-state index is 0.0779. The van der Waals surface area contributed by atoms with Crippen molar-refractivity contribution in [2.45, 2.75) is 19.9 Å². The van der Waals surface area contributed by atoms with Gasteiger partial charge >= 0.3 is 5.97 Å². The van der Waals surface area contributed by atoms with Crippen LogP contribution >= 0.6 is 34.8 Å². The highest BCUT2D eigenvalue weighted by Gasteiger charge is 2.15. The first-order valence-electron chi connectivity index (χ1n) is 6.12. The van der Waals surface area contributed by atoms with Gasteiger partial charge in [0.15, 0.2) is 0 Å². The smallest absolute Gasteiger partial charge is 0.326 e. The summed E-state index contributed by atoms with van der Waals surface area (Å²) >= 11 is 17.8. The van der Waals surface area contributed by atoms with Crippen LogP contribution in [0.1, 0.15) is 12.7 Å². The van der Waals surface area contributed by atoms with Gasteiger partial charge in [-0.25, -0.2) is 4.98 Å². The molecule has 0 saturated heterocycles. The van der Waals surface area contributed by atoms with Crippen LogP contribution in [-0.4, -0.2) is 28.0 Å². The summed E-state index contributed by atoms with van der Waals surface area (Å²) in [5, 5.41) is 0.846. The standard InChI is InChI=1S/C13H13Cl3N2O2/c1-2-20-13(19)7-18-11-6-9(16)8(15)5-10(11)17-12(18)3-4-14/h5-6H,2-4,7H2,1H3. The summed E-state index contributed by atoms with van der Waals surface area (Å²) in [4.78, 5) is 16.1. The molecule has 0 radical (unpaired) electrons. The number of aryl methyl sites for hydroxylation is 1. The maximum absolute atomic E-state index is 11.7. The maximum Gasteiger partial charge on any atom is 0.326 e. The van der Waals surface area contributed by atoms with Crippen LogP contribution < -0.4 is 0 Å². The van der Waals surface area contributed by atoms with Crippen molar-refractivity contribution >= 4 is 51.8 Å². The molecule has 0 unspecified atom stereocenters. The van der Waals surface area contributed by atoms with Crippen LogP contribution in [0.3, 0.4) is 0 Å². The van der Waals surface area contributed by atoms with Crippen LogP contribution in [-0.2, 0) is 22.5 Å². The number of alkyl halides is 1. The molecular formula is C13H13Cl3N2O2. The molecule has 0 saturated carbocycles. The summed E-state index contributed by atoms with van der Waals surface area (Å²) in [7, 11) is 0. The molecule has 1 heterocycles. The first kappa shape index (κ1) is 15.4. The zero-order chi connectivity index (χ0) is 14.7. The fraction of sp³-hybridized carbons (Fsp3) is 0.385. The molecule has 0 fully saturated rings. The number of ether oxygens (including phenoxy) is 1. The highest BCUT2D eigenvalue weighted by molar-refractivity contribution is 6.42. The number of fused-ring (bicyclic) bond motifs is 1. The number of carbonyl (C=O) groups is 1. The molecule has 2 aromatic rings. The summed E-state index contributed by atoms with van der Waals surface area (Å²) in [6.45, 7) is 2.18. The van der Waals surface area contributed by atoms with E-state index in [1.54, 1.807) is 23.6 Å². The number of benzene rings is 1. The van der Waals surface area contributed by atoms with E-state index in [9.17, 15) is 4.79 Å². The van der Waals surface area contributed by atoms with Crippen molar-refractivity contribution in [2.24, 2.45) is 0 Å². The molecule has 0 aliphatic rings. The fourth-order valence-corrected chi connectivity index (χ4v) is 2.44. The lowest BCUT2D eigenvalue weighted by Gasteiger charge is -2.08. The summed E-state index contributed by atoms with van der Waals surface area (Å²) in [5.41, 5.74) is 1.43. The van der Waals surface area contributed by atoms with Gasteiger partial charge in [0.05, 0.1) is 27.7 Å². The number of hydrogen-bond donors (Lipinski definition) is 0. The lowest BCUT2D eigenvalue weighted by Crippen LogP contribution is -2.15. The van der Waals surface area contributed by atoms with Crippen molar-refractivity contribution in [3.05, 3.63) is 28.0 Å². The Bertz CT molecular complexity index is 640. The third-order valence-electron chi connectivity index (χ3n) is 2.78. The van der Waals surface area contributed by atoms with Crippen LogP contribution in [0, 0.1) is 0 Å². The Kier molecular flexibility index (Phi) is 5.13. The van der Waals surface area contributed by atoms with E-state index < -0.39 is 0 Å². The Labute approximate surface area is 131 Å². The average molecular weight is 336 g/mol. The van der Waals surface area contributed by atoms with E-state index in [-0.39, 0.29) is 12.5 Å². The van der Waals surface area contributed by atoms with Crippen LogP contribution in [0.2, 0.25) is 10.0 Å². The van der Waals surface area contributed by atoms with Crippen LogP contribution in [0.25, 0.3) is 11.0 Å². The number of halogens is 3. The van der Waals surface area contributed by atoms with Crippen molar-refractivity contribution in [3.8, 4) is 0 Å². The molecule has 0 amide bonds. The molecule has 0 spiro atoms. The fourth-order valence-electron chi connectivity index (χ4n) is 1.96. The molecule has 108 valence electrons. The van der Waals surface area contributed by atoms with Gasteiger partial charge in [0.1, 0.15) is 12.4 Å². The molecule has 0 N–H and O–H groups in total. The topological polar surface area (TPSA) is 44.1 Å². The van der Waals surface area contributed by atoms with E-state index in [1.807, 2.05) is 0 Å². The van der Waals surface area contributed by atoms with Crippen molar-refractivity contribution in [3.63, 3.8) is 0 Å². The molecule has 1 aromatic heterocycles. The van der Waals surface area contributed by atoms with Gasteiger partial charge in [-0.15, -0.1) is 11.6 Å². The van der Waals surface area contributed by atoms with Crippen LogP contribution in [0.4, 0.5) is 0 Å². The number of nitrogens with zero attached hydrogens (tertiary/aromatic N) is 2. The van der Waals surface area contributed by atoms with Crippen molar-refractivity contribution in [1.82, 2.24) is 9.55 Å². The van der Waals surface area contributed by atoms with Gasteiger partial charge in [-0.1, -0.05) is 23.2 Å². The summed E-state index contributed by atoms with van der Waals surface area (Å²) in [6.07, 6.45) is 0.547. The first-order valence-corrected chi connectivity index (χ1v) is 7.41. The Hall–Kier alpha value is -0.970. The Morgan fingerprint density at radius 1 is 1.35 bits per heavy atom. The van der Waals surface area contributed by atoms with E-state index in [0.29, 0.717) is 40.3 Å². The summed E-state index contributed by atoms with van der Waals surface area (Å²) < 4.78 is 6.73. The third-order valence-corrected chi connectivity index (χ3v) is 3.69. The number of esters is 1. The van der Waals surface area contributed by atoms with Gasteiger partial charge in [-0.05, 0) is 19.1 Å². The third kappa shape index (κ3) is 3.19. The van der Waals surface area contributed by atoms with Gasteiger partial charge < -0.3 is 9.30 Å². The second-order valence-electron chi connectivity index (χ2n) is 4.11. The SMILES string of the molecule is CCOC(=O)Cn1c(CCCl)nc2cc(Cl)c(Cl)cc21. The van der Waals surface area contributed by atoms with Gasteiger partial charge in [-0.3, -0.25) is 4.79 Å². The quantitative estimate of drug-likeness (QED) is 0.618. The van der Waals surface area contributed by atoms with E-state index in [2.05, 4.69) is 4.98 Å². The summed E-state index contributed by atoms with van der Waals surface area (Å²) in [6, 6.07) is 3.38.